The Bertz CT molecular complexity index is 3220. The normalized spacial score (nSPS) is 12.7. The highest BCUT2D eigenvalue weighted by Gasteiger charge is 2.26. The minimum Gasteiger partial charge on any atom is -0.492 e. The molecule has 1 aliphatic heterocycles. The van der Waals surface area contributed by atoms with Crippen LogP contribution in [0.25, 0.3) is 33.4 Å². The second-order valence-electron chi connectivity index (χ2n) is 18.3. The van der Waals surface area contributed by atoms with Crippen LogP contribution in [0.1, 0.15) is 55.5 Å². The van der Waals surface area contributed by atoms with Gasteiger partial charge in [-0.05, 0) is 169 Å². The number of amides is 3. The molecule has 10 rings (SSSR count). The van der Waals surface area contributed by atoms with Gasteiger partial charge in [-0.2, -0.15) is 0 Å². The largest absolute Gasteiger partial charge is 0.492 e. The summed E-state index contributed by atoms with van der Waals surface area (Å²) in [5.41, 5.74) is 14.6. The van der Waals surface area contributed by atoms with Crippen LogP contribution in [0, 0.1) is 19.8 Å². The molecule has 0 radical (unpaired) electrons. The molecule has 2 atom stereocenters. The Hall–Kier alpha value is -9.02. The van der Waals surface area contributed by atoms with Crippen molar-refractivity contribution in [3.63, 3.8) is 0 Å². The number of para-hydroxylation sites is 1. The molecule has 0 saturated carbocycles. The van der Waals surface area contributed by atoms with Crippen molar-refractivity contribution in [2.24, 2.45) is 5.92 Å². The summed E-state index contributed by atoms with van der Waals surface area (Å²) in [5.74, 6) is 0.608. The number of rotatable bonds is 13. The number of pyridine rings is 3. The van der Waals surface area contributed by atoms with Crippen LogP contribution in [0.15, 0.2) is 219 Å². The lowest BCUT2D eigenvalue weighted by Crippen LogP contribution is -2.34. The smallest absolute Gasteiger partial charge is 0.251 e. The number of hydrogen-bond donors (Lipinski definition) is 3. The number of carbonyl (C=O) groups excluding carboxylic acids is 3. The average molecular weight is 977 g/mol. The number of carbonyl (C=O) groups is 3. The molecule has 3 aromatic heterocycles. The SMILES string of the molecule is Cc1ccc(CC(C)NC(=O)c2ccc(-c3ccncc3)cc2)cc1.Cc1cccc(CCNC(=O)c2ccc(-c3ccncc3)cc2)c1.O=C(Nc1cccc(-c2ccncc2)c1)C1COc2ccccc2C1. The number of aryl methyl sites for hydroxylation is 2. The molecule has 2 unspecified atom stereocenters. The fourth-order valence-corrected chi connectivity index (χ4v) is 8.50. The van der Waals surface area contributed by atoms with Gasteiger partial charge in [0.2, 0.25) is 5.91 Å². The number of benzene rings is 6. The molecule has 0 bridgehead atoms. The highest BCUT2D eigenvalue weighted by molar-refractivity contribution is 5.96. The van der Waals surface area contributed by atoms with Gasteiger partial charge in [0, 0.05) is 66.6 Å². The summed E-state index contributed by atoms with van der Waals surface area (Å²) in [6, 6.07) is 59.6. The highest BCUT2D eigenvalue weighted by Crippen LogP contribution is 2.29. The zero-order valence-electron chi connectivity index (χ0n) is 41.9. The van der Waals surface area contributed by atoms with Gasteiger partial charge in [0.1, 0.15) is 12.4 Å². The fourth-order valence-electron chi connectivity index (χ4n) is 8.50. The molecule has 1 aliphatic rings. The number of anilines is 1. The van der Waals surface area contributed by atoms with Crippen LogP contribution in [0.4, 0.5) is 5.69 Å². The van der Waals surface area contributed by atoms with Crippen molar-refractivity contribution in [3.8, 4) is 39.1 Å². The van der Waals surface area contributed by atoms with E-state index in [2.05, 4.69) is 87.2 Å². The standard InChI is InChI=1S/C22H22N2O.C21H18N2O2.C21H20N2O/c1-16-3-5-18(6-4-16)15-17(2)24-22(25)21-9-7-19(8-10-21)20-11-13-23-14-12-20;24-21(18-12-17-4-1-2-7-20(17)25-14-18)23-19-6-3-5-16(13-19)15-8-10-22-11-9-15;1-16-3-2-4-17(15-16)9-14-23-21(24)20-7-5-18(6-8-20)19-10-12-22-13-11-19/h3-14,17H,15H2,1-2H3,(H,24,25);1-11,13,18H,12,14H2,(H,23,24);2-8,10-13,15H,9,14H2,1H3,(H,23,24). The zero-order chi connectivity index (χ0) is 51.5. The van der Waals surface area contributed by atoms with E-state index in [0.29, 0.717) is 30.7 Å². The first-order valence-corrected chi connectivity index (χ1v) is 24.9. The van der Waals surface area contributed by atoms with Crippen molar-refractivity contribution >= 4 is 23.4 Å². The maximum absolute atomic E-state index is 12.6. The Morgan fingerprint density at radius 1 is 0.541 bits per heavy atom. The molecule has 0 fully saturated rings. The minimum absolute atomic E-state index is 0.0126. The monoisotopic (exact) mass is 976 g/mol. The number of nitrogens with zero attached hydrogens (tertiary/aromatic N) is 3. The average Bonchev–Trinajstić information content (AvgIpc) is 3.45. The Morgan fingerprint density at radius 3 is 1.70 bits per heavy atom. The lowest BCUT2D eigenvalue weighted by molar-refractivity contribution is -0.121. The third-order valence-corrected chi connectivity index (χ3v) is 12.5. The van der Waals surface area contributed by atoms with E-state index in [1.165, 1.54) is 22.3 Å². The summed E-state index contributed by atoms with van der Waals surface area (Å²) in [6.45, 7) is 7.22. The molecule has 3 N–H and O–H groups in total. The van der Waals surface area contributed by atoms with E-state index < -0.39 is 0 Å². The van der Waals surface area contributed by atoms with Crippen LogP contribution in [0.3, 0.4) is 0 Å². The molecular weight excluding hydrogens is 917 g/mol. The predicted octanol–water partition coefficient (Wildman–Crippen LogP) is 12.4. The first-order chi connectivity index (χ1) is 36.1. The lowest BCUT2D eigenvalue weighted by Gasteiger charge is -2.24. The second-order valence-corrected chi connectivity index (χ2v) is 18.3. The zero-order valence-corrected chi connectivity index (χ0v) is 41.9. The van der Waals surface area contributed by atoms with Gasteiger partial charge in [-0.1, -0.05) is 114 Å². The summed E-state index contributed by atoms with van der Waals surface area (Å²) in [7, 11) is 0. The van der Waals surface area contributed by atoms with Crippen molar-refractivity contribution in [3.05, 3.63) is 258 Å². The summed E-state index contributed by atoms with van der Waals surface area (Å²) in [6.07, 6.45) is 12.9. The Morgan fingerprint density at radius 2 is 1.09 bits per heavy atom. The van der Waals surface area contributed by atoms with Crippen LogP contribution < -0.4 is 20.7 Å². The first-order valence-electron chi connectivity index (χ1n) is 24.9. The predicted molar refractivity (Wildman–Crippen MR) is 296 cm³/mol. The van der Waals surface area contributed by atoms with Gasteiger partial charge in [0.15, 0.2) is 0 Å². The fraction of sp³-hybridized carbons (Fsp3) is 0.156. The second kappa shape index (κ2) is 25.9. The molecule has 0 aliphatic carbocycles. The molecule has 10 heteroatoms. The Balaban J connectivity index is 0.000000148. The van der Waals surface area contributed by atoms with Crippen LogP contribution in [0.5, 0.6) is 5.75 Å². The number of aromatic nitrogens is 3. The number of nitrogens with one attached hydrogen (secondary N) is 3. The number of fused-ring (bicyclic) bond motifs is 1. The molecule has 6 aromatic carbocycles. The van der Waals surface area contributed by atoms with Gasteiger partial charge in [-0.3, -0.25) is 29.3 Å². The van der Waals surface area contributed by atoms with E-state index in [1.807, 2.05) is 146 Å². The van der Waals surface area contributed by atoms with Crippen LogP contribution >= 0.6 is 0 Å². The molecule has 370 valence electrons. The van der Waals surface area contributed by atoms with Crippen LogP contribution in [0.2, 0.25) is 0 Å². The summed E-state index contributed by atoms with van der Waals surface area (Å²) >= 11 is 0. The van der Waals surface area contributed by atoms with E-state index >= 15 is 0 Å². The lowest BCUT2D eigenvalue weighted by atomic mass is 9.96. The van der Waals surface area contributed by atoms with Gasteiger partial charge in [-0.15, -0.1) is 0 Å². The highest BCUT2D eigenvalue weighted by atomic mass is 16.5. The van der Waals surface area contributed by atoms with Crippen LogP contribution in [-0.4, -0.2) is 51.9 Å². The van der Waals surface area contributed by atoms with Crippen molar-refractivity contribution in [1.29, 1.82) is 0 Å². The first kappa shape index (κ1) is 51.3. The van der Waals surface area contributed by atoms with Gasteiger partial charge >= 0.3 is 0 Å². The third kappa shape index (κ3) is 15.0. The van der Waals surface area contributed by atoms with E-state index in [0.717, 1.165) is 63.2 Å². The van der Waals surface area contributed by atoms with E-state index in [4.69, 9.17) is 4.74 Å². The third-order valence-electron chi connectivity index (χ3n) is 12.5. The summed E-state index contributed by atoms with van der Waals surface area (Å²) in [5, 5.41) is 9.06. The molecule has 0 saturated heterocycles. The maximum Gasteiger partial charge on any atom is 0.251 e. The van der Waals surface area contributed by atoms with E-state index in [-0.39, 0.29) is 29.7 Å². The molecule has 74 heavy (non-hydrogen) atoms. The topological polar surface area (TPSA) is 135 Å². The Kier molecular flexibility index (Phi) is 18.0. The van der Waals surface area contributed by atoms with Gasteiger partial charge in [-0.25, -0.2) is 0 Å². The molecule has 10 nitrogen and oxygen atoms in total. The maximum atomic E-state index is 12.6. The minimum atomic E-state index is -0.181. The molecule has 9 aromatic rings. The Labute approximate surface area is 434 Å². The molecule has 4 heterocycles. The van der Waals surface area contributed by atoms with E-state index in [1.54, 1.807) is 37.2 Å². The van der Waals surface area contributed by atoms with Crippen LogP contribution in [-0.2, 0) is 24.1 Å². The molecule has 0 spiro atoms. The van der Waals surface area contributed by atoms with Gasteiger partial charge in [0.05, 0.1) is 5.92 Å². The number of hydrogen-bond acceptors (Lipinski definition) is 7. The van der Waals surface area contributed by atoms with Crippen molar-refractivity contribution in [1.82, 2.24) is 25.6 Å². The summed E-state index contributed by atoms with van der Waals surface area (Å²) < 4.78 is 5.72. The van der Waals surface area contributed by atoms with Gasteiger partial charge in [0.25, 0.3) is 11.8 Å². The van der Waals surface area contributed by atoms with Crippen molar-refractivity contribution in [2.75, 3.05) is 18.5 Å². The quantitative estimate of drug-likeness (QED) is 0.105. The van der Waals surface area contributed by atoms with E-state index in [9.17, 15) is 14.4 Å². The van der Waals surface area contributed by atoms with Gasteiger partial charge < -0.3 is 20.7 Å². The van der Waals surface area contributed by atoms with Crippen molar-refractivity contribution < 1.29 is 19.1 Å². The summed E-state index contributed by atoms with van der Waals surface area (Å²) in [4.78, 5) is 49.4. The molecular formula is C64H60N6O4. The molecule has 3 amide bonds. The number of ether oxygens (including phenoxy) is 1. The van der Waals surface area contributed by atoms with Crippen molar-refractivity contribution in [2.45, 2.75) is 46.1 Å².